The number of fused-ring (bicyclic) bond motifs is 1. The monoisotopic (exact) mass is 442 g/mol. The fourth-order valence-corrected chi connectivity index (χ4v) is 7.33. The Morgan fingerprint density at radius 1 is 1.23 bits per heavy atom. The molecule has 0 aromatic heterocycles. The fraction of sp³-hybridized carbons (Fsp3) is 0.630. The van der Waals surface area contributed by atoms with Gasteiger partial charge in [-0.3, -0.25) is 0 Å². The van der Waals surface area contributed by atoms with Gasteiger partial charge in [0.25, 0.3) is 0 Å². The van der Waals surface area contributed by atoms with Crippen molar-refractivity contribution in [3.05, 3.63) is 59.3 Å². The highest BCUT2D eigenvalue weighted by Crippen LogP contribution is 2.57. The Morgan fingerprint density at radius 2 is 1.97 bits per heavy atom. The molecule has 3 fully saturated rings. The fourth-order valence-electron chi connectivity index (χ4n) is 6.16. The number of rotatable bonds is 5. The lowest BCUT2D eigenvalue weighted by Crippen LogP contribution is -2.32. The molecule has 3 nitrogen and oxygen atoms in total. The van der Waals surface area contributed by atoms with Crippen molar-refractivity contribution in [1.82, 2.24) is 0 Å². The van der Waals surface area contributed by atoms with Crippen molar-refractivity contribution in [2.24, 2.45) is 17.3 Å². The molecule has 0 amide bonds. The van der Waals surface area contributed by atoms with E-state index in [-0.39, 0.29) is 17.4 Å². The first-order valence-corrected chi connectivity index (χ1v) is 13.8. The second-order valence-electron chi connectivity index (χ2n) is 10.6. The summed E-state index contributed by atoms with van der Waals surface area (Å²) in [5, 5.41) is 10.0. The molecular formula is C27H38O3S. The maximum atomic E-state index is 12.1. The third-order valence-electron chi connectivity index (χ3n) is 8.46. The van der Waals surface area contributed by atoms with Gasteiger partial charge in [-0.1, -0.05) is 67.5 Å². The molecule has 0 bridgehead atoms. The molecule has 4 heteroatoms. The van der Waals surface area contributed by atoms with Crippen LogP contribution >= 0.6 is 0 Å². The predicted molar refractivity (Wildman–Crippen MR) is 128 cm³/mol. The van der Waals surface area contributed by atoms with Gasteiger partial charge < -0.3 is 5.11 Å². The van der Waals surface area contributed by atoms with E-state index >= 15 is 0 Å². The third kappa shape index (κ3) is 4.30. The zero-order chi connectivity index (χ0) is 22.4. The van der Waals surface area contributed by atoms with Crippen molar-refractivity contribution in [2.75, 3.05) is 6.26 Å². The van der Waals surface area contributed by atoms with Crippen LogP contribution < -0.4 is 0 Å². The summed E-state index contributed by atoms with van der Waals surface area (Å²) < 4.78 is 23.7. The highest BCUT2D eigenvalue weighted by molar-refractivity contribution is 7.92. The first-order chi connectivity index (χ1) is 14.6. The van der Waals surface area contributed by atoms with Crippen molar-refractivity contribution in [2.45, 2.75) is 82.5 Å². The first-order valence-electron chi connectivity index (χ1n) is 11.9. The van der Waals surface area contributed by atoms with Crippen LogP contribution in [0, 0.1) is 17.3 Å². The van der Waals surface area contributed by atoms with Gasteiger partial charge in [-0.25, -0.2) is 8.42 Å². The Morgan fingerprint density at radius 3 is 2.65 bits per heavy atom. The number of hydrogen-bond acceptors (Lipinski definition) is 3. The molecule has 0 aromatic carbocycles. The topological polar surface area (TPSA) is 54.4 Å². The summed E-state index contributed by atoms with van der Waals surface area (Å²) in [6, 6.07) is 0. The normalized spacial score (nSPS) is 36.6. The Kier molecular flexibility index (Phi) is 6.02. The average molecular weight is 443 g/mol. The quantitative estimate of drug-likeness (QED) is 0.544. The van der Waals surface area contributed by atoms with Gasteiger partial charge in [0.2, 0.25) is 0 Å². The Hall–Kier alpha value is -1.39. The van der Waals surface area contributed by atoms with Crippen molar-refractivity contribution in [3.8, 4) is 0 Å². The molecule has 170 valence electrons. The number of aliphatic hydroxyl groups excluding tert-OH is 1. The SMILES string of the molecule is C=C1CC[C@H](O)C/C1=C/C=C1\CCC[C@]2(C)C([C@H](C)/C=C/C3(S(C)(=O)=O)CC3)=CC[C@@H]12. The molecule has 4 aliphatic rings. The third-order valence-corrected chi connectivity index (χ3v) is 10.5. The molecule has 4 atom stereocenters. The van der Waals surface area contributed by atoms with E-state index in [4.69, 9.17) is 0 Å². The number of allylic oxidation sites excluding steroid dienone is 7. The summed E-state index contributed by atoms with van der Waals surface area (Å²) >= 11 is 0. The van der Waals surface area contributed by atoms with Crippen LogP contribution in [-0.4, -0.2) is 30.6 Å². The minimum Gasteiger partial charge on any atom is -0.393 e. The molecule has 0 aromatic rings. The van der Waals surface area contributed by atoms with E-state index in [1.807, 2.05) is 6.08 Å². The highest BCUT2D eigenvalue weighted by atomic mass is 32.2. The predicted octanol–water partition coefficient (Wildman–Crippen LogP) is 5.85. The molecule has 0 saturated heterocycles. The molecule has 0 aliphatic heterocycles. The number of hydrogen-bond donors (Lipinski definition) is 1. The Balaban J connectivity index is 1.52. The van der Waals surface area contributed by atoms with Gasteiger partial charge in [0.05, 0.1) is 10.9 Å². The van der Waals surface area contributed by atoms with E-state index in [9.17, 15) is 13.5 Å². The van der Waals surface area contributed by atoms with Crippen LogP contribution in [0.1, 0.15) is 71.6 Å². The molecule has 1 N–H and O–H groups in total. The maximum Gasteiger partial charge on any atom is 0.156 e. The lowest BCUT2D eigenvalue weighted by Gasteiger charge is -2.42. The summed E-state index contributed by atoms with van der Waals surface area (Å²) in [5.41, 5.74) is 5.53. The smallest absolute Gasteiger partial charge is 0.156 e. The molecule has 0 heterocycles. The van der Waals surface area contributed by atoms with E-state index in [0.717, 1.165) is 44.9 Å². The zero-order valence-electron chi connectivity index (χ0n) is 19.4. The van der Waals surface area contributed by atoms with Gasteiger partial charge in [0.15, 0.2) is 9.84 Å². The largest absolute Gasteiger partial charge is 0.393 e. The summed E-state index contributed by atoms with van der Waals surface area (Å²) in [5.74, 6) is 0.788. The lowest BCUT2D eigenvalue weighted by molar-refractivity contribution is 0.158. The van der Waals surface area contributed by atoms with Crippen LogP contribution in [0.25, 0.3) is 0 Å². The van der Waals surface area contributed by atoms with Crippen molar-refractivity contribution in [1.29, 1.82) is 0 Å². The second-order valence-corrected chi connectivity index (χ2v) is 13.0. The molecule has 4 aliphatic carbocycles. The Labute approximate surface area is 188 Å². The molecule has 0 spiro atoms. The Bertz CT molecular complexity index is 974. The number of aliphatic hydroxyl groups is 1. The van der Waals surface area contributed by atoms with Crippen LogP contribution in [0.5, 0.6) is 0 Å². The lowest BCUT2D eigenvalue weighted by atomic mass is 9.62. The van der Waals surface area contributed by atoms with Gasteiger partial charge >= 0.3 is 0 Å². The highest BCUT2D eigenvalue weighted by Gasteiger charge is 2.50. The maximum absolute atomic E-state index is 12.1. The molecular weight excluding hydrogens is 404 g/mol. The second kappa shape index (κ2) is 8.19. The minimum atomic E-state index is -3.03. The summed E-state index contributed by atoms with van der Waals surface area (Å²) in [4.78, 5) is 0. The van der Waals surface area contributed by atoms with E-state index in [0.29, 0.717) is 5.92 Å². The van der Waals surface area contributed by atoms with E-state index in [2.05, 4.69) is 44.7 Å². The van der Waals surface area contributed by atoms with Crippen LogP contribution in [0.4, 0.5) is 0 Å². The van der Waals surface area contributed by atoms with Gasteiger partial charge in [0, 0.05) is 6.26 Å². The summed E-state index contributed by atoms with van der Waals surface area (Å²) in [6.45, 7) is 8.84. The van der Waals surface area contributed by atoms with Crippen LogP contribution in [0.2, 0.25) is 0 Å². The average Bonchev–Trinajstić information content (AvgIpc) is 3.42. The van der Waals surface area contributed by atoms with Crippen molar-refractivity contribution < 1.29 is 13.5 Å². The number of sulfone groups is 1. The van der Waals surface area contributed by atoms with Gasteiger partial charge in [-0.05, 0) is 80.6 Å². The van der Waals surface area contributed by atoms with E-state index in [1.165, 1.54) is 41.4 Å². The van der Waals surface area contributed by atoms with Gasteiger partial charge in [0.1, 0.15) is 0 Å². The summed E-state index contributed by atoms with van der Waals surface area (Å²) in [6.07, 6.45) is 20.8. The van der Waals surface area contributed by atoms with Gasteiger partial charge in [-0.2, -0.15) is 0 Å². The van der Waals surface area contributed by atoms with Crippen LogP contribution in [0.3, 0.4) is 0 Å². The van der Waals surface area contributed by atoms with Crippen molar-refractivity contribution >= 4 is 9.84 Å². The standard InChI is InChI=1S/C27H38O3S/c1-19-7-10-23(28)18-22(19)9-8-21-6-5-14-26(3)24(11-12-25(21)26)20(2)13-15-27(16-17-27)31(4,29)30/h8-9,11,13,15,20,23,25,28H,1,5-7,10,12,14,16-18H2,2-4H3/b15-13+,21-8+,22-9-/t20-,23+,25+,26-/m1/s1. The first kappa shape index (κ1) is 22.8. The zero-order valence-corrected chi connectivity index (χ0v) is 20.2. The van der Waals surface area contributed by atoms with Crippen LogP contribution in [0.15, 0.2) is 59.3 Å². The molecule has 0 unspecified atom stereocenters. The van der Waals surface area contributed by atoms with Crippen LogP contribution in [-0.2, 0) is 9.84 Å². The minimum absolute atomic E-state index is 0.150. The molecule has 4 rings (SSSR count). The molecule has 3 saturated carbocycles. The van der Waals surface area contributed by atoms with Crippen molar-refractivity contribution in [3.63, 3.8) is 0 Å². The van der Waals surface area contributed by atoms with E-state index < -0.39 is 14.6 Å². The molecule has 0 radical (unpaired) electrons. The van der Waals surface area contributed by atoms with E-state index in [1.54, 1.807) is 0 Å². The summed E-state index contributed by atoms with van der Waals surface area (Å²) in [7, 11) is -3.03. The van der Waals surface area contributed by atoms with Gasteiger partial charge in [-0.15, -0.1) is 0 Å². The molecule has 31 heavy (non-hydrogen) atoms.